The van der Waals surface area contributed by atoms with Crippen LogP contribution in [0.25, 0.3) is 0 Å². The first-order valence-corrected chi connectivity index (χ1v) is 8.03. The highest BCUT2D eigenvalue weighted by Crippen LogP contribution is 2.25. The number of carbonyl (C=O) groups is 1. The summed E-state index contributed by atoms with van der Waals surface area (Å²) >= 11 is 0. The molecule has 0 aromatic heterocycles. The Morgan fingerprint density at radius 1 is 1.00 bits per heavy atom. The van der Waals surface area contributed by atoms with E-state index in [1.165, 1.54) is 5.56 Å². The number of hydrogen-bond donors (Lipinski definition) is 2. The van der Waals surface area contributed by atoms with Gasteiger partial charge in [-0.15, -0.1) is 0 Å². The predicted molar refractivity (Wildman–Crippen MR) is 96.5 cm³/mol. The quantitative estimate of drug-likeness (QED) is 0.870. The lowest BCUT2D eigenvalue weighted by Gasteiger charge is -2.22. The molecule has 1 unspecified atom stereocenters. The SMILES string of the molecule is CNC(Cc1ccccc1NC(=O)C(C)(C)C)c1ccccc1. The molecule has 0 aliphatic rings. The molecule has 0 aliphatic heterocycles. The Bertz CT molecular complexity index is 644. The predicted octanol–water partition coefficient (Wildman–Crippen LogP) is 4.17. The Balaban J connectivity index is 2.21. The topological polar surface area (TPSA) is 41.1 Å². The number of hydrogen-bond acceptors (Lipinski definition) is 2. The van der Waals surface area contributed by atoms with E-state index in [1.807, 2.05) is 64.2 Å². The van der Waals surface area contributed by atoms with Gasteiger partial charge < -0.3 is 10.6 Å². The number of likely N-dealkylation sites (N-methyl/N-ethyl adjacent to an activating group) is 1. The smallest absolute Gasteiger partial charge is 0.229 e. The van der Waals surface area contributed by atoms with Crippen molar-refractivity contribution in [2.75, 3.05) is 12.4 Å². The Morgan fingerprint density at radius 2 is 1.61 bits per heavy atom. The van der Waals surface area contributed by atoms with E-state index in [0.29, 0.717) is 0 Å². The van der Waals surface area contributed by atoms with Crippen molar-refractivity contribution in [2.45, 2.75) is 33.2 Å². The zero-order chi connectivity index (χ0) is 16.9. The van der Waals surface area contributed by atoms with E-state index in [-0.39, 0.29) is 11.9 Å². The van der Waals surface area contributed by atoms with Crippen LogP contribution in [0.3, 0.4) is 0 Å². The zero-order valence-electron chi connectivity index (χ0n) is 14.4. The second-order valence-electron chi connectivity index (χ2n) is 6.82. The van der Waals surface area contributed by atoms with Crippen LogP contribution in [0.1, 0.15) is 37.9 Å². The summed E-state index contributed by atoms with van der Waals surface area (Å²) in [6, 6.07) is 18.6. The normalized spacial score (nSPS) is 12.7. The van der Waals surface area contributed by atoms with Gasteiger partial charge in [-0.1, -0.05) is 69.3 Å². The minimum Gasteiger partial charge on any atom is -0.325 e. The first-order valence-electron chi connectivity index (χ1n) is 8.03. The molecule has 0 heterocycles. The average Bonchev–Trinajstić information content (AvgIpc) is 2.54. The second-order valence-corrected chi connectivity index (χ2v) is 6.82. The third kappa shape index (κ3) is 4.67. The Kier molecular flexibility index (Phi) is 5.56. The third-order valence-electron chi connectivity index (χ3n) is 3.92. The van der Waals surface area contributed by atoms with E-state index in [2.05, 4.69) is 28.8 Å². The highest BCUT2D eigenvalue weighted by molar-refractivity contribution is 5.95. The van der Waals surface area contributed by atoms with Gasteiger partial charge in [-0.25, -0.2) is 0 Å². The minimum absolute atomic E-state index is 0.0330. The third-order valence-corrected chi connectivity index (χ3v) is 3.92. The van der Waals surface area contributed by atoms with Crippen LogP contribution in [0.15, 0.2) is 54.6 Å². The van der Waals surface area contributed by atoms with Gasteiger partial charge in [0.2, 0.25) is 5.91 Å². The lowest BCUT2D eigenvalue weighted by Crippen LogP contribution is -2.28. The molecule has 2 N–H and O–H groups in total. The highest BCUT2D eigenvalue weighted by atomic mass is 16.2. The van der Waals surface area contributed by atoms with E-state index < -0.39 is 5.41 Å². The van der Waals surface area contributed by atoms with Gasteiger partial charge in [0.1, 0.15) is 0 Å². The van der Waals surface area contributed by atoms with Crippen LogP contribution in [0.5, 0.6) is 0 Å². The molecule has 2 aromatic rings. The fourth-order valence-electron chi connectivity index (χ4n) is 2.42. The second kappa shape index (κ2) is 7.42. The standard InChI is InChI=1S/C20H26N2O/c1-20(2,3)19(23)22-17-13-9-8-12-16(17)14-18(21-4)15-10-6-5-7-11-15/h5-13,18,21H,14H2,1-4H3,(H,22,23). The van der Waals surface area contributed by atoms with Crippen LogP contribution in [-0.4, -0.2) is 13.0 Å². The first kappa shape index (κ1) is 17.2. The largest absolute Gasteiger partial charge is 0.325 e. The molecule has 1 amide bonds. The van der Waals surface area contributed by atoms with E-state index in [0.717, 1.165) is 17.7 Å². The maximum atomic E-state index is 12.3. The van der Waals surface area contributed by atoms with Crippen LogP contribution >= 0.6 is 0 Å². The van der Waals surface area contributed by atoms with Crippen molar-refractivity contribution < 1.29 is 4.79 Å². The molecule has 2 rings (SSSR count). The van der Waals surface area contributed by atoms with Crippen molar-refractivity contribution in [3.63, 3.8) is 0 Å². The molecule has 0 bridgehead atoms. The van der Waals surface area contributed by atoms with Gasteiger partial charge in [0.05, 0.1) is 0 Å². The molecule has 3 heteroatoms. The lowest BCUT2D eigenvalue weighted by atomic mass is 9.94. The molecule has 0 radical (unpaired) electrons. The van der Waals surface area contributed by atoms with E-state index in [9.17, 15) is 4.79 Å². The fourth-order valence-corrected chi connectivity index (χ4v) is 2.42. The van der Waals surface area contributed by atoms with Crippen molar-refractivity contribution in [3.8, 4) is 0 Å². The number of carbonyl (C=O) groups excluding carboxylic acids is 1. The molecule has 0 fully saturated rings. The van der Waals surface area contributed by atoms with Crippen molar-refractivity contribution in [1.29, 1.82) is 0 Å². The van der Waals surface area contributed by atoms with Crippen LogP contribution < -0.4 is 10.6 Å². The Hall–Kier alpha value is -2.13. The average molecular weight is 310 g/mol. The molecule has 0 spiro atoms. The monoisotopic (exact) mass is 310 g/mol. The Labute approximate surface area is 139 Å². The summed E-state index contributed by atoms with van der Waals surface area (Å²) in [5, 5.41) is 6.43. The number of rotatable bonds is 5. The summed E-state index contributed by atoms with van der Waals surface area (Å²) in [5.41, 5.74) is 2.86. The summed E-state index contributed by atoms with van der Waals surface area (Å²) in [7, 11) is 1.97. The molecule has 23 heavy (non-hydrogen) atoms. The van der Waals surface area contributed by atoms with E-state index in [4.69, 9.17) is 0 Å². The summed E-state index contributed by atoms with van der Waals surface area (Å²) in [4.78, 5) is 12.3. The van der Waals surface area contributed by atoms with Gasteiger partial charge >= 0.3 is 0 Å². The van der Waals surface area contributed by atoms with Gasteiger partial charge in [-0.05, 0) is 30.7 Å². The van der Waals surface area contributed by atoms with Gasteiger partial charge in [0, 0.05) is 17.1 Å². The van der Waals surface area contributed by atoms with Crippen LogP contribution in [0.4, 0.5) is 5.69 Å². The zero-order valence-corrected chi connectivity index (χ0v) is 14.4. The maximum Gasteiger partial charge on any atom is 0.229 e. The minimum atomic E-state index is -0.408. The first-order chi connectivity index (χ1) is 10.9. The number of amides is 1. The number of para-hydroxylation sites is 1. The van der Waals surface area contributed by atoms with E-state index in [1.54, 1.807) is 0 Å². The number of anilines is 1. The molecule has 2 aromatic carbocycles. The summed E-state index contributed by atoms with van der Waals surface area (Å²) in [6.07, 6.45) is 0.821. The fraction of sp³-hybridized carbons (Fsp3) is 0.350. The summed E-state index contributed by atoms with van der Waals surface area (Å²) in [6.45, 7) is 5.77. The summed E-state index contributed by atoms with van der Waals surface area (Å²) < 4.78 is 0. The number of nitrogens with one attached hydrogen (secondary N) is 2. The molecule has 0 saturated carbocycles. The van der Waals surface area contributed by atoms with Gasteiger partial charge in [0.25, 0.3) is 0 Å². The van der Waals surface area contributed by atoms with Crippen LogP contribution in [0.2, 0.25) is 0 Å². The van der Waals surface area contributed by atoms with Crippen LogP contribution in [0, 0.1) is 5.41 Å². The molecule has 3 nitrogen and oxygen atoms in total. The number of benzene rings is 2. The molecule has 1 atom stereocenters. The van der Waals surface area contributed by atoms with Crippen molar-refractivity contribution in [2.24, 2.45) is 5.41 Å². The molecule has 0 aliphatic carbocycles. The van der Waals surface area contributed by atoms with Gasteiger partial charge in [0.15, 0.2) is 0 Å². The van der Waals surface area contributed by atoms with Gasteiger partial charge in [-0.2, -0.15) is 0 Å². The lowest BCUT2D eigenvalue weighted by molar-refractivity contribution is -0.123. The van der Waals surface area contributed by atoms with E-state index >= 15 is 0 Å². The molecule has 0 saturated heterocycles. The highest BCUT2D eigenvalue weighted by Gasteiger charge is 2.22. The molecule has 122 valence electrons. The van der Waals surface area contributed by atoms with Crippen molar-refractivity contribution >= 4 is 11.6 Å². The summed E-state index contributed by atoms with van der Waals surface area (Å²) in [5.74, 6) is 0.0330. The van der Waals surface area contributed by atoms with Crippen molar-refractivity contribution in [3.05, 3.63) is 65.7 Å². The Morgan fingerprint density at radius 3 is 2.22 bits per heavy atom. The van der Waals surface area contributed by atoms with Gasteiger partial charge in [-0.3, -0.25) is 4.79 Å². The molecular formula is C20H26N2O. The maximum absolute atomic E-state index is 12.3. The van der Waals surface area contributed by atoms with Crippen LogP contribution in [-0.2, 0) is 11.2 Å². The molecular weight excluding hydrogens is 284 g/mol. The van der Waals surface area contributed by atoms with Crippen molar-refractivity contribution in [1.82, 2.24) is 5.32 Å².